The van der Waals surface area contributed by atoms with Crippen LogP contribution in [0, 0.1) is 17.3 Å². The van der Waals surface area contributed by atoms with E-state index in [2.05, 4.69) is 20.8 Å². The average molecular weight is 337 g/mol. The van der Waals surface area contributed by atoms with Crippen LogP contribution >= 0.6 is 0 Å². The molecule has 4 fully saturated rings. The van der Waals surface area contributed by atoms with Gasteiger partial charge >= 0.3 is 19.3 Å². The van der Waals surface area contributed by atoms with Gasteiger partial charge in [0, 0.05) is 5.94 Å². The lowest BCUT2D eigenvalue weighted by Crippen LogP contribution is -2.65. The third-order valence-electron chi connectivity index (χ3n) is 5.64. The topological polar surface area (TPSA) is 81.8 Å². The molecule has 0 aromatic carbocycles. The smallest absolute Gasteiger partial charge is 0.475 e. The van der Waals surface area contributed by atoms with Crippen molar-refractivity contribution in [1.29, 1.82) is 0 Å². The number of alkyl halides is 3. The maximum atomic E-state index is 10.6. The van der Waals surface area contributed by atoms with Crippen LogP contribution in [0.4, 0.5) is 13.2 Å². The molecule has 3 aliphatic carbocycles. The maximum Gasteiger partial charge on any atom is 0.490 e. The van der Waals surface area contributed by atoms with Crippen molar-refractivity contribution < 1.29 is 32.4 Å². The van der Waals surface area contributed by atoms with Gasteiger partial charge in [0.2, 0.25) is 0 Å². The van der Waals surface area contributed by atoms with E-state index >= 15 is 0 Å². The predicted molar refractivity (Wildman–Crippen MR) is 77.5 cm³/mol. The second-order valence-electron chi connectivity index (χ2n) is 7.50. The number of halogens is 3. The molecule has 5 nitrogen and oxygen atoms in total. The highest BCUT2D eigenvalue weighted by molar-refractivity contribution is 6.47. The molecular formula is C14H23BF3NO4. The first-order valence-electron chi connectivity index (χ1n) is 7.69. The van der Waals surface area contributed by atoms with Gasteiger partial charge in [-0.2, -0.15) is 13.2 Å². The van der Waals surface area contributed by atoms with Crippen molar-refractivity contribution in [2.75, 3.05) is 0 Å². The van der Waals surface area contributed by atoms with Crippen molar-refractivity contribution in [3.05, 3.63) is 0 Å². The number of rotatable bonds is 1. The van der Waals surface area contributed by atoms with Gasteiger partial charge in [-0.05, 0) is 37.0 Å². The molecule has 0 aromatic heterocycles. The lowest BCUT2D eigenvalue weighted by Gasteiger charge is -2.64. The zero-order valence-electron chi connectivity index (χ0n) is 13.7. The largest absolute Gasteiger partial charge is 0.490 e. The summed E-state index contributed by atoms with van der Waals surface area (Å²) >= 11 is 0. The predicted octanol–water partition coefficient (Wildman–Crippen LogP) is 2.23. The van der Waals surface area contributed by atoms with Crippen LogP contribution in [-0.4, -0.2) is 42.0 Å². The first-order valence-corrected chi connectivity index (χ1v) is 7.69. The molecule has 5 unspecified atom stereocenters. The Hall–Kier alpha value is -0.795. The fraction of sp³-hybridized carbons (Fsp3) is 0.929. The second kappa shape index (κ2) is 5.63. The fourth-order valence-corrected chi connectivity index (χ4v) is 4.13. The Morgan fingerprint density at radius 2 is 1.87 bits per heavy atom. The third kappa shape index (κ3) is 3.10. The SMILES string of the molecule is CC(N)B1OC2CC3CC(C3(C)C)C2(C)O1.O=C(O)C(F)(F)F. The van der Waals surface area contributed by atoms with Gasteiger partial charge < -0.3 is 20.1 Å². The lowest BCUT2D eigenvalue weighted by atomic mass is 9.43. The van der Waals surface area contributed by atoms with Crippen molar-refractivity contribution >= 4 is 13.1 Å². The number of carboxylic acid groups (broad SMARTS) is 1. The molecule has 2 bridgehead atoms. The van der Waals surface area contributed by atoms with Crippen LogP contribution in [0.25, 0.3) is 0 Å². The van der Waals surface area contributed by atoms with Gasteiger partial charge in [0.1, 0.15) is 0 Å². The summed E-state index contributed by atoms with van der Waals surface area (Å²) in [7, 11) is -0.204. The number of hydrogen-bond acceptors (Lipinski definition) is 4. The van der Waals surface area contributed by atoms with E-state index in [4.69, 9.17) is 24.9 Å². The maximum absolute atomic E-state index is 10.6. The van der Waals surface area contributed by atoms with Crippen molar-refractivity contribution in [2.45, 2.75) is 64.4 Å². The van der Waals surface area contributed by atoms with Crippen LogP contribution in [-0.2, 0) is 14.1 Å². The molecule has 132 valence electrons. The summed E-state index contributed by atoms with van der Waals surface area (Å²) in [5.74, 6) is -1.35. The molecule has 23 heavy (non-hydrogen) atoms. The van der Waals surface area contributed by atoms with Crippen LogP contribution in [0.3, 0.4) is 0 Å². The highest BCUT2D eigenvalue weighted by Crippen LogP contribution is 2.65. The van der Waals surface area contributed by atoms with Crippen molar-refractivity contribution in [3.8, 4) is 0 Å². The van der Waals surface area contributed by atoms with E-state index in [1.54, 1.807) is 0 Å². The van der Waals surface area contributed by atoms with Gasteiger partial charge in [-0.25, -0.2) is 4.79 Å². The molecule has 0 amide bonds. The Labute approximate surface area is 133 Å². The standard InChI is InChI=1S/C12H22BNO2.C2HF3O2/c1-7(14)13-15-10-6-8-5-9(11(8,2)3)12(10,4)16-13;3-2(4,5)1(6)7/h7-10H,5-6,14H2,1-4H3;(H,6,7). The second-order valence-corrected chi connectivity index (χ2v) is 7.50. The van der Waals surface area contributed by atoms with Crippen LogP contribution in [0.5, 0.6) is 0 Å². The van der Waals surface area contributed by atoms with E-state index in [0.29, 0.717) is 11.3 Å². The summed E-state index contributed by atoms with van der Waals surface area (Å²) in [6, 6.07) is 0. The molecule has 0 spiro atoms. The molecule has 0 aromatic rings. The van der Waals surface area contributed by atoms with E-state index in [1.165, 1.54) is 6.42 Å². The monoisotopic (exact) mass is 337 g/mol. The molecule has 0 radical (unpaired) electrons. The summed E-state index contributed by atoms with van der Waals surface area (Å²) in [4.78, 5) is 8.90. The lowest BCUT2D eigenvalue weighted by molar-refractivity contribution is -0.199. The number of carbonyl (C=O) groups is 1. The first kappa shape index (κ1) is 18.5. The molecule has 9 heteroatoms. The average Bonchev–Trinajstić information content (AvgIpc) is 2.75. The van der Waals surface area contributed by atoms with E-state index in [1.807, 2.05) is 6.92 Å². The summed E-state index contributed by atoms with van der Waals surface area (Å²) in [6.07, 6.45) is -2.38. The zero-order valence-corrected chi connectivity index (χ0v) is 13.7. The Balaban J connectivity index is 0.000000236. The molecule has 3 N–H and O–H groups in total. The van der Waals surface area contributed by atoms with Gasteiger partial charge in [0.05, 0.1) is 11.7 Å². The van der Waals surface area contributed by atoms with Crippen LogP contribution in [0.15, 0.2) is 0 Å². The van der Waals surface area contributed by atoms with E-state index in [0.717, 1.165) is 12.3 Å². The summed E-state index contributed by atoms with van der Waals surface area (Å²) < 4.78 is 43.9. The Morgan fingerprint density at radius 1 is 1.35 bits per heavy atom. The molecule has 3 saturated carbocycles. The van der Waals surface area contributed by atoms with Crippen molar-refractivity contribution in [3.63, 3.8) is 0 Å². The summed E-state index contributed by atoms with van der Waals surface area (Å²) in [5, 5.41) is 7.12. The highest BCUT2D eigenvalue weighted by Gasteiger charge is 2.68. The minimum absolute atomic E-state index is 0.0391. The molecule has 1 saturated heterocycles. The van der Waals surface area contributed by atoms with Crippen LogP contribution in [0.1, 0.15) is 40.5 Å². The molecule has 1 aliphatic heterocycles. The minimum Gasteiger partial charge on any atom is -0.475 e. The van der Waals surface area contributed by atoms with Gasteiger partial charge in [-0.15, -0.1) is 0 Å². The number of carboxylic acids is 1. The van der Waals surface area contributed by atoms with E-state index in [9.17, 15) is 13.2 Å². The molecule has 4 rings (SSSR count). The van der Waals surface area contributed by atoms with Crippen molar-refractivity contribution in [2.24, 2.45) is 23.0 Å². The normalized spacial score (nSPS) is 38.8. The Morgan fingerprint density at radius 3 is 2.26 bits per heavy atom. The molecule has 4 aliphatic rings. The van der Waals surface area contributed by atoms with Gasteiger partial charge in [0.25, 0.3) is 0 Å². The molecule has 5 atom stereocenters. The number of nitrogens with two attached hydrogens (primary N) is 1. The zero-order chi connectivity index (χ0) is 17.8. The van der Waals surface area contributed by atoms with E-state index < -0.39 is 12.1 Å². The first-order chi connectivity index (χ1) is 10.3. The number of hydrogen-bond donors (Lipinski definition) is 2. The highest BCUT2D eigenvalue weighted by atomic mass is 19.4. The van der Waals surface area contributed by atoms with E-state index in [-0.39, 0.29) is 24.8 Å². The van der Waals surface area contributed by atoms with Crippen molar-refractivity contribution in [1.82, 2.24) is 0 Å². The van der Waals surface area contributed by atoms with Gasteiger partial charge in [0.15, 0.2) is 0 Å². The van der Waals surface area contributed by atoms with Gasteiger partial charge in [-0.3, -0.25) is 0 Å². The van der Waals surface area contributed by atoms with Crippen LogP contribution < -0.4 is 5.73 Å². The number of aliphatic carboxylic acids is 1. The van der Waals surface area contributed by atoms with Gasteiger partial charge in [-0.1, -0.05) is 20.8 Å². The Kier molecular flexibility index (Phi) is 4.54. The summed E-state index contributed by atoms with van der Waals surface area (Å²) in [5.41, 5.74) is 6.20. The molecular weight excluding hydrogens is 314 g/mol. The Bertz CT molecular complexity index is 485. The summed E-state index contributed by atoms with van der Waals surface area (Å²) in [6.45, 7) is 8.93. The molecule has 1 heterocycles. The third-order valence-corrected chi connectivity index (χ3v) is 5.64. The quantitative estimate of drug-likeness (QED) is 0.717. The van der Waals surface area contributed by atoms with Crippen LogP contribution in [0.2, 0.25) is 0 Å². The minimum atomic E-state index is -5.08. The fourth-order valence-electron chi connectivity index (χ4n) is 4.13.